The number of nitrogens with zero attached hydrogens (tertiary/aromatic N) is 1. The van der Waals surface area contributed by atoms with Crippen molar-refractivity contribution in [3.8, 4) is 0 Å². The van der Waals surface area contributed by atoms with Crippen molar-refractivity contribution in [1.82, 2.24) is 15.5 Å². The van der Waals surface area contributed by atoms with Gasteiger partial charge in [-0.3, -0.25) is 24.0 Å². The molecule has 11 nitrogen and oxygen atoms in total. The number of likely N-dealkylation sites (tertiary alicyclic amines) is 1. The smallest absolute Gasteiger partial charge is 0.305 e. The van der Waals surface area contributed by atoms with Gasteiger partial charge in [0.15, 0.2) is 0 Å². The van der Waals surface area contributed by atoms with Crippen molar-refractivity contribution in [3.05, 3.63) is 27.7 Å². The average molecular weight is 551 g/mol. The summed E-state index contributed by atoms with van der Waals surface area (Å²) >= 11 is 12.1. The number of carboxylic acids is 1. The van der Waals surface area contributed by atoms with Crippen LogP contribution in [0.2, 0.25) is 10.0 Å². The molecule has 1 unspecified atom stereocenters. The first-order chi connectivity index (χ1) is 16.6. The summed E-state index contributed by atoms with van der Waals surface area (Å²) in [6.07, 6.45) is -1.69. The zero-order chi connectivity index (χ0) is 27.4. The molecule has 0 saturated carbocycles. The van der Waals surface area contributed by atoms with Gasteiger partial charge in [0.1, 0.15) is 18.4 Å². The van der Waals surface area contributed by atoms with Crippen LogP contribution in [0.1, 0.15) is 37.0 Å². The normalized spacial score (nSPS) is 18.1. The van der Waals surface area contributed by atoms with E-state index >= 15 is 0 Å². The van der Waals surface area contributed by atoms with E-state index in [9.17, 15) is 37.5 Å². The zero-order valence-electron chi connectivity index (χ0n) is 18.9. The highest BCUT2D eigenvalue weighted by Gasteiger charge is 2.51. The van der Waals surface area contributed by atoms with Crippen LogP contribution in [0.25, 0.3) is 0 Å². The maximum absolute atomic E-state index is 14.1. The number of amides is 4. The maximum Gasteiger partial charge on any atom is 0.305 e. The number of nitrogens with one attached hydrogen (secondary N) is 3. The second kappa shape index (κ2) is 11.6. The van der Waals surface area contributed by atoms with Crippen LogP contribution in [0.3, 0.4) is 0 Å². The highest BCUT2D eigenvalue weighted by Crippen LogP contribution is 2.33. The Morgan fingerprint density at radius 2 is 1.78 bits per heavy atom. The number of aldehydes is 1. The number of alkyl halides is 2. The standard InChI is InChI=1S/C21H22Cl2F2N4O7/c1-9(26-18(34)11-3-13(22)17(14(23)4-11)27-10(2)31)20(36)29-8-21(24,25)6-15(29)19(35)28-12(7-30)5-16(32)33/h3-4,7,9,12,15H,5-6,8H2,1-2H3,(H,26,34)(H,27,31)(H,28,35)(H,32,33)/t9-,12-,15?/m0/s1. The van der Waals surface area contributed by atoms with Crippen LogP contribution in [-0.4, -0.2) is 76.5 Å². The zero-order valence-corrected chi connectivity index (χ0v) is 20.5. The lowest BCUT2D eigenvalue weighted by Gasteiger charge is -2.27. The van der Waals surface area contributed by atoms with Crippen molar-refractivity contribution in [1.29, 1.82) is 0 Å². The summed E-state index contributed by atoms with van der Waals surface area (Å²) in [5.74, 6) is -8.30. The molecule has 0 aromatic heterocycles. The highest BCUT2D eigenvalue weighted by atomic mass is 35.5. The van der Waals surface area contributed by atoms with Gasteiger partial charge in [-0.05, 0) is 19.1 Å². The number of benzene rings is 1. The van der Waals surface area contributed by atoms with Crippen molar-refractivity contribution in [2.24, 2.45) is 0 Å². The minimum Gasteiger partial charge on any atom is -0.481 e. The van der Waals surface area contributed by atoms with Crippen LogP contribution in [-0.2, 0) is 24.0 Å². The molecule has 1 saturated heterocycles. The van der Waals surface area contributed by atoms with E-state index in [2.05, 4.69) is 10.6 Å². The van der Waals surface area contributed by atoms with E-state index in [0.29, 0.717) is 4.90 Å². The molecule has 3 atom stereocenters. The Kier molecular flexibility index (Phi) is 9.32. The molecule has 15 heteroatoms. The van der Waals surface area contributed by atoms with Gasteiger partial charge in [-0.2, -0.15) is 0 Å². The Labute approximate surface area is 213 Å². The van der Waals surface area contributed by atoms with E-state index in [4.69, 9.17) is 28.3 Å². The summed E-state index contributed by atoms with van der Waals surface area (Å²) in [5.41, 5.74) is -0.0292. The first-order valence-corrected chi connectivity index (χ1v) is 11.1. The molecule has 1 aromatic rings. The van der Waals surface area contributed by atoms with Crippen molar-refractivity contribution in [2.45, 2.75) is 50.7 Å². The first-order valence-electron chi connectivity index (χ1n) is 10.4. The van der Waals surface area contributed by atoms with Crippen LogP contribution in [0.4, 0.5) is 14.5 Å². The third kappa shape index (κ3) is 7.34. The highest BCUT2D eigenvalue weighted by molar-refractivity contribution is 6.40. The molecule has 4 N–H and O–H groups in total. The van der Waals surface area contributed by atoms with Gasteiger partial charge < -0.3 is 30.8 Å². The van der Waals surface area contributed by atoms with E-state index in [1.165, 1.54) is 26.0 Å². The molecule has 196 valence electrons. The van der Waals surface area contributed by atoms with E-state index in [-0.39, 0.29) is 27.6 Å². The summed E-state index contributed by atoms with van der Waals surface area (Å²) in [7, 11) is 0. The van der Waals surface area contributed by atoms with Crippen molar-refractivity contribution >= 4 is 64.8 Å². The van der Waals surface area contributed by atoms with E-state index < -0.39 is 73.0 Å². The second-order valence-corrected chi connectivity index (χ2v) is 8.90. The third-order valence-electron chi connectivity index (χ3n) is 5.07. The molecule has 0 spiro atoms. The molecular formula is C21H22Cl2F2N4O7. The van der Waals surface area contributed by atoms with Crippen molar-refractivity contribution < 1.29 is 42.7 Å². The van der Waals surface area contributed by atoms with Gasteiger partial charge in [0.2, 0.25) is 17.7 Å². The van der Waals surface area contributed by atoms with Crippen LogP contribution in [0, 0.1) is 0 Å². The number of carbonyl (C=O) groups excluding carboxylic acids is 5. The first kappa shape index (κ1) is 28.9. The number of anilines is 1. The van der Waals surface area contributed by atoms with Gasteiger partial charge in [-0.25, -0.2) is 8.78 Å². The number of hydrogen-bond donors (Lipinski definition) is 4. The fourth-order valence-corrected chi connectivity index (χ4v) is 4.05. The molecule has 1 fully saturated rings. The average Bonchev–Trinajstić information content (AvgIpc) is 3.09. The quantitative estimate of drug-likeness (QED) is 0.338. The van der Waals surface area contributed by atoms with E-state index in [0.717, 1.165) is 0 Å². The number of halogens is 4. The minimum absolute atomic E-state index is 0.0659. The number of hydrogen-bond acceptors (Lipinski definition) is 6. The fraction of sp³-hybridized carbons (Fsp3) is 0.429. The van der Waals surface area contributed by atoms with E-state index in [1.807, 2.05) is 5.32 Å². The Bertz CT molecular complexity index is 1080. The van der Waals surface area contributed by atoms with Gasteiger partial charge in [0.05, 0.1) is 34.7 Å². The van der Waals surface area contributed by atoms with Crippen molar-refractivity contribution in [2.75, 3.05) is 11.9 Å². The van der Waals surface area contributed by atoms with Gasteiger partial charge >= 0.3 is 5.97 Å². The van der Waals surface area contributed by atoms with Crippen LogP contribution < -0.4 is 16.0 Å². The SMILES string of the molecule is CC(=O)Nc1c(Cl)cc(C(=O)N[C@@H](C)C(=O)N2CC(F)(F)CC2C(=O)N[C@H](C=O)CC(=O)O)cc1Cl. The molecular weight excluding hydrogens is 529 g/mol. The fourth-order valence-electron chi connectivity index (χ4n) is 3.47. The number of aliphatic carboxylic acids is 1. The Morgan fingerprint density at radius 1 is 1.19 bits per heavy atom. The summed E-state index contributed by atoms with van der Waals surface area (Å²) in [4.78, 5) is 71.7. The Morgan fingerprint density at radius 3 is 2.28 bits per heavy atom. The molecule has 0 aliphatic carbocycles. The Balaban J connectivity index is 2.17. The summed E-state index contributed by atoms with van der Waals surface area (Å²) < 4.78 is 28.2. The number of rotatable bonds is 9. The molecule has 1 heterocycles. The van der Waals surface area contributed by atoms with Gasteiger partial charge in [0.25, 0.3) is 11.8 Å². The molecule has 0 bridgehead atoms. The lowest BCUT2D eigenvalue weighted by atomic mass is 10.1. The lowest BCUT2D eigenvalue weighted by molar-refractivity contribution is -0.142. The lowest BCUT2D eigenvalue weighted by Crippen LogP contribution is -2.54. The van der Waals surface area contributed by atoms with Crippen LogP contribution >= 0.6 is 23.2 Å². The number of carboxylic acid groups (broad SMARTS) is 1. The molecule has 4 amide bonds. The number of carbonyl (C=O) groups is 6. The predicted octanol–water partition coefficient (Wildman–Crippen LogP) is 1.46. The minimum atomic E-state index is -3.44. The second-order valence-electron chi connectivity index (χ2n) is 8.08. The predicted molar refractivity (Wildman–Crippen MR) is 123 cm³/mol. The van der Waals surface area contributed by atoms with Gasteiger partial charge in [-0.1, -0.05) is 23.2 Å². The van der Waals surface area contributed by atoms with Crippen LogP contribution in [0.5, 0.6) is 0 Å². The van der Waals surface area contributed by atoms with Gasteiger partial charge in [0, 0.05) is 18.9 Å². The summed E-state index contributed by atoms with van der Waals surface area (Å²) in [6, 6.07) is -2.21. The molecule has 1 aliphatic rings. The molecule has 1 aromatic carbocycles. The van der Waals surface area contributed by atoms with E-state index in [1.54, 1.807) is 0 Å². The third-order valence-corrected chi connectivity index (χ3v) is 5.66. The Hall–Kier alpha value is -3.32. The molecule has 36 heavy (non-hydrogen) atoms. The summed E-state index contributed by atoms with van der Waals surface area (Å²) in [5, 5.41) is 15.4. The summed E-state index contributed by atoms with van der Waals surface area (Å²) in [6.45, 7) is 1.30. The topological polar surface area (TPSA) is 162 Å². The molecule has 0 radical (unpaired) electrons. The maximum atomic E-state index is 14.1. The van der Waals surface area contributed by atoms with Crippen LogP contribution in [0.15, 0.2) is 12.1 Å². The molecule has 2 rings (SSSR count). The monoisotopic (exact) mass is 550 g/mol. The molecule has 1 aliphatic heterocycles. The van der Waals surface area contributed by atoms with Gasteiger partial charge in [-0.15, -0.1) is 0 Å². The largest absolute Gasteiger partial charge is 0.481 e. The van der Waals surface area contributed by atoms with Crippen molar-refractivity contribution in [3.63, 3.8) is 0 Å².